The number of aliphatic imine (C=N–C) groups is 1. The number of amides is 2. The number of nitrogens with one attached hydrogen (secondary N) is 2. The van der Waals surface area contributed by atoms with Gasteiger partial charge in [-0.05, 0) is 109 Å². The number of carbonyl (C=O) groups excluding carboxylic acids is 2. The van der Waals surface area contributed by atoms with Gasteiger partial charge in [0.25, 0.3) is 5.91 Å². The normalized spacial score (nSPS) is 13.1. The summed E-state index contributed by atoms with van der Waals surface area (Å²) in [5.41, 5.74) is 19.8. The van der Waals surface area contributed by atoms with Gasteiger partial charge < -0.3 is 42.4 Å². The smallest absolute Gasteiger partial charge is 0.257 e. The predicted molar refractivity (Wildman–Crippen MR) is 266 cm³/mol. The van der Waals surface area contributed by atoms with Gasteiger partial charge in [0.15, 0.2) is 23.3 Å². The zero-order valence-corrected chi connectivity index (χ0v) is 39.7. The summed E-state index contributed by atoms with van der Waals surface area (Å²) in [5.74, 6) is -8.77. The molecule has 0 atom stereocenters. The van der Waals surface area contributed by atoms with E-state index < -0.39 is 51.6 Å². The number of nitrogen functional groups attached to an aromatic ring is 3. The van der Waals surface area contributed by atoms with Gasteiger partial charge in [0.2, 0.25) is 17.3 Å². The molecule has 360 valence electrons. The lowest BCUT2D eigenvalue weighted by atomic mass is 9.99. The fourth-order valence-corrected chi connectivity index (χ4v) is 7.05. The monoisotopic (exact) mass is 929 g/mol. The van der Waals surface area contributed by atoms with Gasteiger partial charge in [-0.15, -0.1) is 0 Å². The number of hydrogen-bond donors (Lipinski definition) is 5. The molecular formula is C51H66F4N9O3+. The molecule has 0 unspecified atom stereocenters. The lowest BCUT2D eigenvalue weighted by Crippen LogP contribution is -2.45. The summed E-state index contributed by atoms with van der Waals surface area (Å²) < 4.78 is 63.5. The fraction of sp³-hybridized carbons (Fsp3) is 0.373. The van der Waals surface area contributed by atoms with Crippen molar-refractivity contribution in [2.24, 2.45) is 4.99 Å². The van der Waals surface area contributed by atoms with E-state index in [4.69, 9.17) is 26.9 Å². The van der Waals surface area contributed by atoms with E-state index >= 15 is 0 Å². The maximum Gasteiger partial charge on any atom is 0.257 e. The number of anilines is 4. The molecule has 0 spiro atoms. The van der Waals surface area contributed by atoms with Crippen molar-refractivity contribution in [1.29, 1.82) is 0 Å². The van der Waals surface area contributed by atoms with Gasteiger partial charge in [-0.25, -0.2) is 22.6 Å². The molecule has 1 aliphatic rings. The largest absolute Gasteiger partial charge is 0.399 e. The average molecular weight is 929 g/mol. The van der Waals surface area contributed by atoms with Crippen molar-refractivity contribution < 1.29 is 31.9 Å². The summed E-state index contributed by atoms with van der Waals surface area (Å²) in [5, 5.41) is 5.26. The number of nitrogens with zero attached hydrogens (tertiary/aromatic N) is 4. The fourth-order valence-electron chi connectivity index (χ4n) is 7.05. The molecule has 0 aromatic heterocycles. The zero-order chi connectivity index (χ0) is 49.5. The number of benzene rings is 4. The predicted octanol–water partition coefficient (Wildman–Crippen LogP) is 9.59. The van der Waals surface area contributed by atoms with Crippen LogP contribution in [0.2, 0.25) is 0 Å². The number of ether oxygens (including phenoxy) is 1. The van der Waals surface area contributed by atoms with Crippen molar-refractivity contribution in [3.05, 3.63) is 126 Å². The van der Waals surface area contributed by atoms with Gasteiger partial charge in [-0.2, -0.15) is 4.58 Å². The highest BCUT2D eigenvalue weighted by molar-refractivity contribution is 6.00. The summed E-state index contributed by atoms with van der Waals surface area (Å²) >= 11 is 0. The van der Waals surface area contributed by atoms with Gasteiger partial charge in [0, 0.05) is 105 Å². The second-order valence-electron chi connectivity index (χ2n) is 17.4. The minimum Gasteiger partial charge on any atom is -0.399 e. The summed E-state index contributed by atoms with van der Waals surface area (Å²) in [7, 11) is 1.95. The van der Waals surface area contributed by atoms with Crippen molar-refractivity contribution >= 4 is 64.1 Å². The molecule has 2 amide bonds. The molecule has 5 rings (SSSR count). The van der Waals surface area contributed by atoms with Crippen molar-refractivity contribution in [3.63, 3.8) is 0 Å². The number of nitrogens with two attached hydrogens (primary N) is 3. The molecular weight excluding hydrogens is 863 g/mol. The Bertz CT molecular complexity index is 2410. The van der Waals surface area contributed by atoms with Gasteiger partial charge >= 0.3 is 0 Å². The Morgan fingerprint density at radius 3 is 2.07 bits per heavy atom. The van der Waals surface area contributed by atoms with E-state index in [0.29, 0.717) is 43.7 Å². The summed E-state index contributed by atoms with van der Waals surface area (Å²) in [6, 6.07) is 23.3. The van der Waals surface area contributed by atoms with E-state index in [1.807, 2.05) is 103 Å². The van der Waals surface area contributed by atoms with Crippen LogP contribution >= 0.6 is 0 Å². The number of para-hydroxylation sites is 1. The third kappa shape index (κ3) is 15.4. The maximum atomic E-state index is 14.1. The van der Waals surface area contributed by atoms with E-state index in [1.54, 1.807) is 13.8 Å². The van der Waals surface area contributed by atoms with E-state index in [0.717, 1.165) is 48.0 Å². The highest BCUT2D eigenvalue weighted by atomic mass is 19.2. The number of likely N-dealkylation sites (N-methyl/N-ethyl adjacent to an activating group) is 1. The molecule has 12 nitrogen and oxygen atoms in total. The van der Waals surface area contributed by atoms with Crippen molar-refractivity contribution in [1.82, 2.24) is 20.1 Å². The Balaban J connectivity index is 0.000000314. The number of carbonyl (C=O) groups is 2. The molecule has 4 aromatic carbocycles. The lowest BCUT2D eigenvalue weighted by Gasteiger charge is -2.30. The van der Waals surface area contributed by atoms with Crippen LogP contribution in [0.1, 0.15) is 84.0 Å². The molecule has 0 radical (unpaired) electrons. The molecule has 0 aliphatic heterocycles. The van der Waals surface area contributed by atoms with Crippen LogP contribution in [0.3, 0.4) is 0 Å². The topological polar surface area (TPSA) is 167 Å². The number of hydrogen-bond acceptors (Lipinski definition) is 9. The quantitative estimate of drug-likeness (QED) is 0.0192. The first kappa shape index (κ1) is 52.9. The van der Waals surface area contributed by atoms with Crippen LogP contribution in [0.25, 0.3) is 0 Å². The highest BCUT2D eigenvalue weighted by Crippen LogP contribution is 2.33. The van der Waals surface area contributed by atoms with Crippen LogP contribution in [0, 0.1) is 23.3 Å². The lowest BCUT2D eigenvalue weighted by molar-refractivity contribution is -0.121. The van der Waals surface area contributed by atoms with Crippen LogP contribution in [-0.4, -0.2) is 80.1 Å². The van der Waals surface area contributed by atoms with Crippen LogP contribution < -0.4 is 37.3 Å². The highest BCUT2D eigenvalue weighted by Gasteiger charge is 2.32. The zero-order valence-electron chi connectivity index (χ0n) is 39.7. The SMILES string of the molecule is C=[N+](c1ccccc1)c1cc(N)ccc1N=C1C=CC(N(CC)CC)=CC1.CN(CCCC(=O)NCCC(C)(C)OCCC(C)(C)NC(=O)c1c(F)c(F)c(N)c(F)c1F)c1ccc(N)cc1. The molecule has 67 heavy (non-hydrogen) atoms. The molecule has 8 N–H and O–H groups in total. The molecule has 0 heterocycles. The average Bonchev–Trinajstić information content (AvgIpc) is 3.29. The Kier molecular flexibility index (Phi) is 19.1. The Morgan fingerprint density at radius 2 is 1.48 bits per heavy atom. The van der Waals surface area contributed by atoms with Gasteiger partial charge in [0.05, 0.1) is 5.60 Å². The second-order valence-corrected chi connectivity index (χ2v) is 17.4. The molecule has 0 saturated carbocycles. The third-order valence-corrected chi connectivity index (χ3v) is 11.2. The van der Waals surface area contributed by atoms with Crippen LogP contribution in [0.5, 0.6) is 0 Å². The first-order chi connectivity index (χ1) is 31.7. The minimum atomic E-state index is -1.86. The van der Waals surface area contributed by atoms with Gasteiger partial charge in [0.1, 0.15) is 23.7 Å². The van der Waals surface area contributed by atoms with E-state index in [1.165, 1.54) is 5.70 Å². The van der Waals surface area contributed by atoms with Crippen LogP contribution in [0.15, 0.2) is 102 Å². The molecule has 16 heteroatoms. The van der Waals surface area contributed by atoms with Crippen LogP contribution in [0.4, 0.5) is 57.4 Å². The summed E-state index contributed by atoms with van der Waals surface area (Å²) in [6.07, 6.45) is 9.08. The Morgan fingerprint density at radius 1 is 0.851 bits per heavy atom. The van der Waals surface area contributed by atoms with Crippen LogP contribution in [-0.2, 0) is 9.53 Å². The molecule has 0 fully saturated rings. The first-order valence-electron chi connectivity index (χ1n) is 22.3. The standard InChI is InChI=1S/C28H39F4N5O3.C23H27N4/c1-27(2,36-26(39)20-21(29)23(31)25(34)24(32)22(20)30)13-16-40-28(3,4)12-14-35-19(38)7-6-15-37(5)18-10-8-17(33)9-11-18;1-4-27(5-2)21-14-12-19(13-15-21)25-22-16-11-18(24)17-23(22)26(3)20-9-7-6-8-10-20/h8-11H,6-7,12-16,33-34H2,1-5H3,(H,35,38)(H,36,39);6-12,14-17H,3-5,13,24H2,1-2H3/q;+1. The Hall–Kier alpha value is -6.68. The third-order valence-electron chi connectivity index (χ3n) is 11.2. The molecule has 0 bridgehead atoms. The minimum absolute atomic E-state index is 0.0691. The van der Waals surface area contributed by atoms with Crippen molar-refractivity contribution in [2.45, 2.75) is 84.8 Å². The van der Waals surface area contributed by atoms with E-state index in [-0.39, 0.29) is 18.9 Å². The molecule has 0 saturated heterocycles. The van der Waals surface area contributed by atoms with Crippen molar-refractivity contribution in [3.8, 4) is 0 Å². The number of halogens is 4. The van der Waals surface area contributed by atoms with Crippen molar-refractivity contribution in [2.75, 3.05) is 61.9 Å². The van der Waals surface area contributed by atoms with Gasteiger partial charge in [-0.1, -0.05) is 24.3 Å². The second kappa shape index (κ2) is 24.2. The molecule has 1 aliphatic carbocycles. The van der Waals surface area contributed by atoms with E-state index in [9.17, 15) is 27.2 Å². The molecule has 4 aromatic rings. The first-order valence-corrected chi connectivity index (χ1v) is 22.3. The number of allylic oxidation sites excluding steroid dienone is 3. The number of rotatable bonds is 20. The van der Waals surface area contributed by atoms with E-state index in [2.05, 4.69) is 54.3 Å². The Labute approximate surface area is 392 Å². The van der Waals surface area contributed by atoms with Gasteiger partial charge in [-0.3, -0.25) is 9.59 Å². The summed E-state index contributed by atoms with van der Waals surface area (Å²) in [4.78, 5) is 33.9. The summed E-state index contributed by atoms with van der Waals surface area (Å²) in [6.45, 7) is 18.7. The maximum absolute atomic E-state index is 14.1.